The molecule has 0 spiro atoms. The molecule has 0 bridgehead atoms. The lowest BCUT2D eigenvalue weighted by molar-refractivity contribution is 0.189. The van der Waals surface area contributed by atoms with Crippen LogP contribution in [0.1, 0.15) is 91.7 Å². The van der Waals surface area contributed by atoms with Gasteiger partial charge in [0.1, 0.15) is 0 Å². The second kappa shape index (κ2) is 27.5. The van der Waals surface area contributed by atoms with Crippen molar-refractivity contribution in [2.45, 2.75) is 99.3 Å². The van der Waals surface area contributed by atoms with Crippen molar-refractivity contribution < 1.29 is 15.0 Å². The van der Waals surface area contributed by atoms with E-state index in [4.69, 9.17) is 10.2 Å². The molecule has 6 heteroatoms. The number of rotatable bonds is 9. The van der Waals surface area contributed by atoms with Gasteiger partial charge in [-0.3, -0.25) is 0 Å². The fourth-order valence-electron chi connectivity index (χ4n) is 3.64. The van der Waals surface area contributed by atoms with Crippen LogP contribution in [0.3, 0.4) is 0 Å². The number of benzene rings is 2. The Balaban J connectivity index is 0. The maximum absolute atomic E-state index is 10.6. The minimum Gasteiger partial charge on any atom is -0.465 e. The summed E-state index contributed by atoms with van der Waals surface area (Å²) in [6.45, 7) is 18.6. The van der Waals surface area contributed by atoms with Crippen molar-refractivity contribution in [2.75, 3.05) is 19.7 Å². The van der Waals surface area contributed by atoms with Crippen molar-refractivity contribution >= 4 is 18.0 Å². The number of amides is 1. The highest BCUT2D eigenvalue weighted by Gasteiger charge is 2.12. The van der Waals surface area contributed by atoms with E-state index in [0.29, 0.717) is 5.92 Å². The average Bonchev–Trinajstić information content (AvgIpc) is 3.39. The summed E-state index contributed by atoms with van der Waals surface area (Å²) in [5.41, 5.74) is 2.63. The molecule has 1 atom stereocenters. The van der Waals surface area contributed by atoms with E-state index < -0.39 is 6.09 Å². The summed E-state index contributed by atoms with van der Waals surface area (Å²) in [7, 11) is 0. The van der Waals surface area contributed by atoms with Gasteiger partial charge in [0.05, 0.1) is 0 Å². The average molecular weight is 563 g/mol. The van der Waals surface area contributed by atoms with E-state index in [2.05, 4.69) is 73.7 Å². The van der Waals surface area contributed by atoms with Gasteiger partial charge in [0.15, 0.2) is 0 Å². The molecule has 224 valence electrons. The number of carboxylic acid groups (broad SMARTS) is 1. The zero-order chi connectivity index (χ0) is 29.9. The van der Waals surface area contributed by atoms with Crippen molar-refractivity contribution in [2.24, 2.45) is 11.8 Å². The summed E-state index contributed by atoms with van der Waals surface area (Å²) >= 11 is 1.82. The second-order valence-electron chi connectivity index (χ2n) is 10.0. The molecule has 1 aliphatic rings. The summed E-state index contributed by atoms with van der Waals surface area (Å²) < 4.78 is 2.34. The van der Waals surface area contributed by atoms with Crippen LogP contribution in [0.5, 0.6) is 0 Å². The van der Waals surface area contributed by atoms with E-state index in [0.717, 1.165) is 31.2 Å². The minimum atomic E-state index is -0.949. The lowest BCUT2D eigenvalue weighted by Crippen LogP contribution is -2.34. The topological polar surface area (TPSA) is 72.8 Å². The van der Waals surface area contributed by atoms with E-state index in [1.165, 1.54) is 36.8 Å². The first kappa shape index (κ1) is 39.1. The summed E-state index contributed by atoms with van der Waals surface area (Å²) in [5, 5.41) is 18.8. The van der Waals surface area contributed by atoms with Crippen LogP contribution in [0.4, 0.5) is 4.79 Å². The molecule has 5 nitrogen and oxygen atoms in total. The van der Waals surface area contributed by atoms with Gasteiger partial charge in [-0.2, -0.15) is 0 Å². The maximum atomic E-state index is 10.6. The van der Waals surface area contributed by atoms with E-state index >= 15 is 0 Å². The van der Waals surface area contributed by atoms with Crippen LogP contribution < -0.4 is 5.32 Å². The lowest BCUT2D eigenvalue weighted by atomic mass is 10.2. The van der Waals surface area contributed by atoms with E-state index in [1.54, 1.807) is 6.92 Å². The van der Waals surface area contributed by atoms with Crippen LogP contribution in [-0.4, -0.2) is 46.3 Å². The maximum Gasteiger partial charge on any atom is 0.404 e. The number of hydrogen-bond acceptors (Lipinski definition) is 4. The number of aryl methyl sites for hydroxylation is 1. The first-order chi connectivity index (χ1) is 18.7. The zero-order valence-electron chi connectivity index (χ0n) is 26.0. The fourth-order valence-corrected chi connectivity index (χ4v) is 4.80. The van der Waals surface area contributed by atoms with Crippen LogP contribution in [0.15, 0.2) is 60.7 Å². The molecule has 1 unspecified atom stereocenters. The Morgan fingerprint density at radius 2 is 1.49 bits per heavy atom. The van der Waals surface area contributed by atoms with Crippen molar-refractivity contribution in [3.8, 4) is 0 Å². The van der Waals surface area contributed by atoms with Crippen molar-refractivity contribution in [1.29, 1.82) is 0 Å². The molecule has 0 aliphatic heterocycles. The largest absolute Gasteiger partial charge is 0.465 e. The van der Waals surface area contributed by atoms with Gasteiger partial charge < -0.3 is 15.5 Å². The first-order valence-corrected chi connectivity index (χ1v) is 15.7. The zero-order valence-corrected chi connectivity index (χ0v) is 26.8. The van der Waals surface area contributed by atoms with Gasteiger partial charge in [-0.25, -0.2) is 9.10 Å². The molecule has 0 radical (unpaired) electrons. The fraction of sp³-hybridized carbons (Fsp3) is 0.606. The highest BCUT2D eigenvalue weighted by atomic mass is 32.2. The van der Waals surface area contributed by atoms with Crippen LogP contribution in [0.2, 0.25) is 0 Å². The molecule has 2 aromatic rings. The van der Waals surface area contributed by atoms with E-state index in [1.807, 2.05) is 57.0 Å². The first-order valence-electron chi connectivity index (χ1n) is 14.7. The third-order valence-corrected chi connectivity index (χ3v) is 6.75. The Bertz CT molecular complexity index is 769. The summed E-state index contributed by atoms with van der Waals surface area (Å²) in [5.74, 6) is 2.59. The molecule has 1 aliphatic carbocycles. The number of aliphatic hydroxyl groups is 1. The predicted octanol–water partition coefficient (Wildman–Crippen LogP) is 9.06. The van der Waals surface area contributed by atoms with Crippen LogP contribution in [0.25, 0.3) is 0 Å². The molecule has 0 saturated heterocycles. The second-order valence-corrected chi connectivity index (χ2v) is 11.1. The molecule has 0 aromatic heterocycles. The Labute approximate surface area is 244 Å². The van der Waals surface area contributed by atoms with Gasteiger partial charge in [-0.05, 0) is 44.6 Å². The third-order valence-electron chi connectivity index (χ3n) is 5.59. The Hall–Kier alpha value is -2.02. The normalized spacial score (nSPS) is 12.9. The lowest BCUT2D eigenvalue weighted by Gasteiger charge is -2.24. The number of hydrogen-bond donors (Lipinski definition) is 3. The molecule has 1 saturated carbocycles. The minimum absolute atomic E-state index is 0.0190. The number of aliphatic hydroxyl groups excluding tert-OH is 1. The SMILES string of the molecule is CC.CC(C)CN(CCC(C)NC(=O)O)SCc1ccccc1.CC1CCCC1.CCO.Cc1ccccc1. The molecule has 1 fully saturated rings. The Morgan fingerprint density at radius 3 is 1.85 bits per heavy atom. The van der Waals surface area contributed by atoms with Crippen LogP contribution in [-0.2, 0) is 5.75 Å². The third kappa shape index (κ3) is 27.3. The number of nitrogens with one attached hydrogen (secondary N) is 1. The highest BCUT2D eigenvalue weighted by Crippen LogP contribution is 2.23. The van der Waals surface area contributed by atoms with Gasteiger partial charge in [0.2, 0.25) is 0 Å². The molecule has 0 heterocycles. The Morgan fingerprint density at radius 1 is 1.00 bits per heavy atom. The molecular weight excluding hydrogens is 504 g/mol. The quantitative estimate of drug-likeness (QED) is 0.266. The van der Waals surface area contributed by atoms with Gasteiger partial charge in [0, 0.05) is 31.5 Å². The van der Waals surface area contributed by atoms with Gasteiger partial charge in [0.25, 0.3) is 0 Å². The van der Waals surface area contributed by atoms with Gasteiger partial charge in [-0.15, -0.1) is 0 Å². The molecule has 3 N–H and O–H groups in total. The van der Waals surface area contributed by atoms with Crippen LogP contribution >= 0.6 is 11.9 Å². The van der Waals surface area contributed by atoms with Gasteiger partial charge >= 0.3 is 6.09 Å². The summed E-state index contributed by atoms with van der Waals surface area (Å²) in [6, 6.07) is 20.7. The molecule has 39 heavy (non-hydrogen) atoms. The van der Waals surface area contributed by atoms with Crippen molar-refractivity contribution in [3.63, 3.8) is 0 Å². The summed E-state index contributed by atoms with van der Waals surface area (Å²) in [6.07, 6.45) is 5.82. The molecule has 2 aromatic carbocycles. The van der Waals surface area contributed by atoms with E-state index in [-0.39, 0.29) is 12.6 Å². The Kier molecular flexibility index (Phi) is 27.6. The van der Waals surface area contributed by atoms with Crippen molar-refractivity contribution in [1.82, 2.24) is 9.62 Å². The molecule has 3 rings (SSSR count). The monoisotopic (exact) mass is 562 g/mol. The number of nitrogens with zero attached hydrogens (tertiary/aromatic N) is 1. The van der Waals surface area contributed by atoms with Gasteiger partial charge in [-0.1, -0.05) is 138 Å². The molecular formula is C33H58N2O3S. The van der Waals surface area contributed by atoms with Crippen LogP contribution in [0, 0.1) is 18.8 Å². The summed E-state index contributed by atoms with van der Waals surface area (Å²) in [4.78, 5) is 10.6. The highest BCUT2D eigenvalue weighted by molar-refractivity contribution is 7.96. The smallest absolute Gasteiger partial charge is 0.404 e. The number of carbonyl (C=O) groups is 1. The van der Waals surface area contributed by atoms with Crippen molar-refractivity contribution in [3.05, 3.63) is 71.8 Å². The molecule has 1 amide bonds. The standard InChI is InChI=1S/C16H26N2O2S.C7H8.C6H12.C2H6O.C2H6/c1-13(2)11-18(10-9-14(3)17-16(19)20)21-12-15-7-5-4-6-8-15;1-7-5-3-2-4-6-7;1-6-4-2-3-5-6;1-2-3;1-2/h4-8,13-14,17H,9-12H2,1-3H3,(H,19,20);2-6H,1H3;6H,2-5H2,1H3;3H,2H2,1H3;1-2H3. The predicted molar refractivity (Wildman–Crippen MR) is 172 cm³/mol. The van der Waals surface area contributed by atoms with E-state index in [9.17, 15) is 4.79 Å².